The second-order valence-electron chi connectivity index (χ2n) is 5.21. The number of ketones is 1. The summed E-state index contributed by atoms with van der Waals surface area (Å²) < 4.78 is 5.40. The number of ether oxygens (including phenoxy) is 1. The van der Waals surface area contributed by atoms with Crippen LogP contribution in [0.15, 0.2) is 54.9 Å². The van der Waals surface area contributed by atoms with Crippen molar-refractivity contribution in [3.63, 3.8) is 0 Å². The molecule has 0 atom stereocenters. The van der Waals surface area contributed by atoms with Gasteiger partial charge in [0.25, 0.3) is 0 Å². The molecule has 0 bridgehead atoms. The SMILES string of the molecule is O=C(c1ccc2c(c1)COC2)c1cncc2ccccc12. The smallest absolute Gasteiger partial charge is 0.195 e. The summed E-state index contributed by atoms with van der Waals surface area (Å²) in [6.07, 6.45) is 3.43. The zero-order chi connectivity index (χ0) is 14.2. The van der Waals surface area contributed by atoms with Gasteiger partial charge < -0.3 is 4.74 Å². The van der Waals surface area contributed by atoms with Gasteiger partial charge in [-0.15, -0.1) is 0 Å². The molecule has 0 aliphatic carbocycles. The van der Waals surface area contributed by atoms with Crippen molar-refractivity contribution in [2.75, 3.05) is 0 Å². The Bertz CT molecular complexity index is 849. The molecule has 1 aromatic heterocycles. The number of pyridine rings is 1. The lowest BCUT2D eigenvalue weighted by atomic mass is 9.97. The van der Waals surface area contributed by atoms with Crippen LogP contribution in [0.5, 0.6) is 0 Å². The van der Waals surface area contributed by atoms with Gasteiger partial charge >= 0.3 is 0 Å². The van der Waals surface area contributed by atoms with Crippen LogP contribution in [0.4, 0.5) is 0 Å². The summed E-state index contributed by atoms with van der Waals surface area (Å²) in [6.45, 7) is 1.23. The molecular weight excluding hydrogens is 262 g/mol. The van der Waals surface area contributed by atoms with Crippen molar-refractivity contribution in [1.29, 1.82) is 0 Å². The van der Waals surface area contributed by atoms with Gasteiger partial charge in [-0.05, 0) is 22.6 Å². The zero-order valence-electron chi connectivity index (χ0n) is 11.4. The Morgan fingerprint density at radius 2 is 1.86 bits per heavy atom. The van der Waals surface area contributed by atoms with Crippen molar-refractivity contribution < 1.29 is 9.53 Å². The first-order valence-electron chi connectivity index (χ1n) is 6.90. The molecule has 3 aromatic rings. The number of carbonyl (C=O) groups excluding carboxylic acids is 1. The molecule has 0 unspecified atom stereocenters. The van der Waals surface area contributed by atoms with Gasteiger partial charge in [0.15, 0.2) is 5.78 Å². The van der Waals surface area contributed by atoms with Gasteiger partial charge in [0, 0.05) is 28.9 Å². The molecule has 0 N–H and O–H groups in total. The van der Waals surface area contributed by atoms with Crippen molar-refractivity contribution in [2.45, 2.75) is 13.2 Å². The fourth-order valence-corrected chi connectivity index (χ4v) is 2.77. The third-order valence-corrected chi connectivity index (χ3v) is 3.90. The summed E-state index contributed by atoms with van der Waals surface area (Å²) in [6, 6.07) is 13.6. The summed E-state index contributed by atoms with van der Waals surface area (Å²) in [5.74, 6) is 0.00833. The van der Waals surface area contributed by atoms with Crippen molar-refractivity contribution in [1.82, 2.24) is 4.98 Å². The van der Waals surface area contributed by atoms with Gasteiger partial charge in [-0.25, -0.2) is 0 Å². The van der Waals surface area contributed by atoms with E-state index < -0.39 is 0 Å². The minimum Gasteiger partial charge on any atom is -0.372 e. The Morgan fingerprint density at radius 3 is 2.81 bits per heavy atom. The molecule has 0 saturated carbocycles. The van der Waals surface area contributed by atoms with Crippen LogP contribution in [-0.2, 0) is 18.0 Å². The van der Waals surface area contributed by atoms with Crippen molar-refractivity contribution in [3.05, 3.63) is 77.1 Å². The van der Waals surface area contributed by atoms with Crippen LogP contribution in [0.25, 0.3) is 10.8 Å². The standard InChI is InChI=1S/C18H13NO2/c20-18(12-5-6-14-10-21-11-15(14)7-12)17-9-19-8-13-3-1-2-4-16(13)17/h1-9H,10-11H2. The molecule has 0 radical (unpaired) electrons. The lowest BCUT2D eigenvalue weighted by molar-refractivity contribution is 0.104. The van der Waals surface area contributed by atoms with Crippen LogP contribution < -0.4 is 0 Å². The van der Waals surface area contributed by atoms with E-state index >= 15 is 0 Å². The number of nitrogens with zero attached hydrogens (tertiary/aromatic N) is 1. The Hall–Kier alpha value is -2.52. The monoisotopic (exact) mass is 275 g/mol. The number of carbonyl (C=O) groups is 1. The molecule has 0 amide bonds. The highest BCUT2D eigenvalue weighted by molar-refractivity contribution is 6.16. The van der Waals surface area contributed by atoms with Crippen LogP contribution >= 0.6 is 0 Å². The number of fused-ring (bicyclic) bond motifs is 2. The van der Waals surface area contributed by atoms with Crippen LogP contribution in [0, 0.1) is 0 Å². The largest absolute Gasteiger partial charge is 0.372 e. The molecule has 3 nitrogen and oxygen atoms in total. The van der Waals surface area contributed by atoms with Gasteiger partial charge in [-0.1, -0.05) is 36.4 Å². The van der Waals surface area contributed by atoms with Gasteiger partial charge in [-0.2, -0.15) is 0 Å². The second kappa shape index (κ2) is 4.79. The zero-order valence-corrected chi connectivity index (χ0v) is 11.4. The Labute approximate surface area is 122 Å². The Morgan fingerprint density at radius 1 is 1.00 bits per heavy atom. The van der Waals surface area contributed by atoms with E-state index in [1.54, 1.807) is 12.4 Å². The van der Waals surface area contributed by atoms with E-state index in [0.717, 1.165) is 16.3 Å². The average Bonchev–Trinajstić information content (AvgIpc) is 3.01. The van der Waals surface area contributed by atoms with Crippen molar-refractivity contribution in [3.8, 4) is 0 Å². The molecule has 2 heterocycles. The molecule has 0 fully saturated rings. The van der Waals surface area contributed by atoms with E-state index in [2.05, 4.69) is 4.98 Å². The van der Waals surface area contributed by atoms with Gasteiger partial charge in [0.2, 0.25) is 0 Å². The van der Waals surface area contributed by atoms with E-state index in [4.69, 9.17) is 4.74 Å². The molecule has 1 aliphatic heterocycles. The molecule has 2 aromatic carbocycles. The maximum Gasteiger partial charge on any atom is 0.195 e. The maximum atomic E-state index is 12.8. The summed E-state index contributed by atoms with van der Waals surface area (Å²) >= 11 is 0. The predicted octanol–water partition coefficient (Wildman–Crippen LogP) is 3.50. The maximum absolute atomic E-state index is 12.8. The third-order valence-electron chi connectivity index (χ3n) is 3.90. The average molecular weight is 275 g/mol. The fraction of sp³-hybridized carbons (Fsp3) is 0.111. The number of hydrogen-bond acceptors (Lipinski definition) is 3. The van der Waals surface area contributed by atoms with Crippen LogP contribution in [-0.4, -0.2) is 10.8 Å². The third kappa shape index (κ3) is 2.03. The first-order chi connectivity index (χ1) is 10.3. The highest BCUT2D eigenvalue weighted by Crippen LogP contribution is 2.24. The molecule has 21 heavy (non-hydrogen) atoms. The van der Waals surface area contributed by atoms with E-state index in [1.807, 2.05) is 42.5 Å². The number of hydrogen-bond donors (Lipinski definition) is 0. The predicted molar refractivity (Wildman–Crippen MR) is 80.1 cm³/mol. The van der Waals surface area contributed by atoms with Crippen molar-refractivity contribution in [2.24, 2.45) is 0 Å². The summed E-state index contributed by atoms with van der Waals surface area (Å²) in [7, 11) is 0. The lowest BCUT2D eigenvalue weighted by Gasteiger charge is -2.06. The number of benzene rings is 2. The van der Waals surface area contributed by atoms with E-state index in [1.165, 1.54) is 5.56 Å². The van der Waals surface area contributed by atoms with Crippen LogP contribution in [0.2, 0.25) is 0 Å². The summed E-state index contributed by atoms with van der Waals surface area (Å²) in [5.41, 5.74) is 3.61. The number of rotatable bonds is 2. The van der Waals surface area contributed by atoms with E-state index in [0.29, 0.717) is 24.3 Å². The highest BCUT2D eigenvalue weighted by Gasteiger charge is 2.17. The topological polar surface area (TPSA) is 39.2 Å². The lowest BCUT2D eigenvalue weighted by Crippen LogP contribution is -2.04. The molecular formula is C18H13NO2. The summed E-state index contributed by atoms with van der Waals surface area (Å²) in [4.78, 5) is 17.0. The minimum atomic E-state index is 0.00833. The van der Waals surface area contributed by atoms with Crippen LogP contribution in [0.3, 0.4) is 0 Å². The fourth-order valence-electron chi connectivity index (χ4n) is 2.77. The van der Waals surface area contributed by atoms with Crippen molar-refractivity contribution >= 4 is 16.6 Å². The minimum absolute atomic E-state index is 0.00833. The van der Waals surface area contributed by atoms with E-state index in [9.17, 15) is 4.79 Å². The molecule has 0 saturated heterocycles. The molecule has 102 valence electrons. The molecule has 3 heteroatoms. The molecule has 1 aliphatic rings. The van der Waals surface area contributed by atoms with Crippen LogP contribution in [0.1, 0.15) is 27.0 Å². The van der Waals surface area contributed by atoms with E-state index in [-0.39, 0.29) is 5.78 Å². The highest BCUT2D eigenvalue weighted by atomic mass is 16.5. The first kappa shape index (κ1) is 12.2. The second-order valence-corrected chi connectivity index (χ2v) is 5.21. The first-order valence-corrected chi connectivity index (χ1v) is 6.90. The van der Waals surface area contributed by atoms with Gasteiger partial charge in [0.05, 0.1) is 13.2 Å². The quantitative estimate of drug-likeness (QED) is 0.672. The number of aromatic nitrogens is 1. The molecule has 0 spiro atoms. The van der Waals surface area contributed by atoms with Gasteiger partial charge in [-0.3, -0.25) is 9.78 Å². The molecule has 4 rings (SSSR count). The normalized spacial score (nSPS) is 13.3. The Balaban J connectivity index is 1.83. The van der Waals surface area contributed by atoms with Gasteiger partial charge in [0.1, 0.15) is 0 Å². The Kier molecular flexibility index (Phi) is 2.79. The summed E-state index contributed by atoms with van der Waals surface area (Å²) in [5, 5.41) is 1.92.